The Bertz CT molecular complexity index is 233. The van der Waals surface area contributed by atoms with E-state index in [0.717, 1.165) is 25.9 Å². The van der Waals surface area contributed by atoms with Gasteiger partial charge in [-0.1, -0.05) is 6.92 Å². The van der Waals surface area contributed by atoms with Crippen molar-refractivity contribution in [1.29, 1.82) is 0 Å². The quantitative estimate of drug-likeness (QED) is 0.713. The summed E-state index contributed by atoms with van der Waals surface area (Å²) in [6.07, 6.45) is 2.57. The Kier molecular flexibility index (Phi) is 4.74. The summed E-state index contributed by atoms with van der Waals surface area (Å²) in [6, 6.07) is 0.522. The van der Waals surface area contributed by atoms with Crippen LogP contribution in [-0.2, 0) is 9.53 Å². The Balaban J connectivity index is 2.66. The van der Waals surface area contributed by atoms with Crippen LogP contribution in [0.2, 0.25) is 0 Å². The highest BCUT2D eigenvalue weighted by atomic mass is 16.5. The smallest absolute Gasteiger partial charge is 0.307 e. The molecule has 1 rings (SSSR count). The van der Waals surface area contributed by atoms with Crippen LogP contribution in [-0.4, -0.2) is 49.7 Å². The number of methoxy groups -OCH3 is 1. The van der Waals surface area contributed by atoms with Gasteiger partial charge in [0.05, 0.1) is 13.5 Å². The lowest BCUT2D eigenvalue weighted by atomic mass is 9.92. The van der Waals surface area contributed by atoms with Gasteiger partial charge in [0.1, 0.15) is 0 Å². The number of carbonyl (C=O) groups excluding carboxylic acids is 1. The molecular weight excluding hydrogens is 204 g/mol. The first-order chi connectivity index (χ1) is 7.53. The summed E-state index contributed by atoms with van der Waals surface area (Å²) in [5.74, 6) is -0.119. The monoisotopic (exact) mass is 228 g/mol. The van der Waals surface area contributed by atoms with E-state index in [4.69, 9.17) is 4.74 Å². The van der Waals surface area contributed by atoms with Crippen LogP contribution in [0.25, 0.3) is 0 Å². The fourth-order valence-electron chi connectivity index (χ4n) is 2.48. The van der Waals surface area contributed by atoms with Crippen molar-refractivity contribution in [3.8, 4) is 0 Å². The topological polar surface area (TPSA) is 41.6 Å². The zero-order valence-corrected chi connectivity index (χ0v) is 10.9. The van der Waals surface area contributed by atoms with E-state index < -0.39 is 0 Å². The minimum absolute atomic E-state index is 0.0860. The standard InChI is InChI=1S/C12H24N2O2/c1-5-6-13-12(8-11(15)16-4)7-10(2)14(3)9-12/h10,13H,5-9H2,1-4H3. The van der Waals surface area contributed by atoms with Crippen LogP contribution >= 0.6 is 0 Å². The van der Waals surface area contributed by atoms with E-state index in [0.29, 0.717) is 12.5 Å². The zero-order valence-electron chi connectivity index (χ0n) is 10.9. The predicted octanol–water partition coefficient (Wildman–Crippen LogP) is 1.01. The fourth-order valence-corrected chi connectivity index (χ4v) is 2.48. The van der Waals surface area contributed by atoms with Crippen molar-refractivity contribution in [1.82, 2.24) is 10.2 Å². The summed E-state index contributed by atoms with van der Waals surface area (Å²) < 4.78 is 4.79. The van der Waals surface area contributed by atoms with Crippen molar-refractivity contribution in [2.75, 3.05) is 27.2 Å². The highest BCUT2D eigenvalue weighted by molar-refractivity contribution is 5.71. The molecule has 0 saturated carbocycles. The molecule has 2 unspecified atom stereocenters. The molecule has 0 bridgehead atoms. The second-order valence-corrected chi connectivity index (χ2v) is 4.93. The van der Waals surface area contributed by atoms with Crippen molar-refractivity contribution < 1.29 is 9.53 Å². The number of nitrogens with zero attached hydrogens (tertiary/aromatic N) is 1. The summed E-state index contributed by atoms with van der Waals surface area (Å²) in [7, 11) is 3.56. The molecule has 1 heterocycles. The van der Waals surface area contributed by atoms with Crippen LogP contribution in [0.1, 0.15) is 33.1 Å². The highest BCUT2D eigenvalue weighted by Gasteiger charge is 2.41. The van der Waals surface area contributed by atoms with Crippen molar-refractivity contribution in [2.45, 2.75) is 44.7 Å². The lowest BCUT2D eigenvalue weighted by Gasteiger charge is -2.29. The molecule has 0 aromatic heterocycles. The largest absolute Gasteiger partial charge is 0.469 e. The molecule has 2 atom stereocenters. The molecular formula is C12H24N2O2. The molecule has 1 N–H and O–H groups in total. The van der Waals surface area contributed by atoms with E-state index in [9.17, 15) is 4.79 Å². The van der Waals surface area contributed by atoms with Crippen LogP contribution in [0.5, 0.6) is 0 Å². The Hall–Kier alpha value is -0.610. The first-order valence-electron chi connectivity index (χ1n) is 6.05. The molecule has 1 aliphatic heterocycles. The normalized spacial score (nSPS) is 30.6. The average molecular weight is 228 g/mol. The van der Waals surface area contributed by atoms with Gasteiger partial charge in [0.15, 0.2) is 0 Å². The van der Waals surface area contributed by atoms with Gasteiger partial charge >= 0.3 is 5.97 Å². The van der Waals surface area contributed by atoms with E-state index in [1.807, 2.05) is 0 Å². The number of likely N-dealkylation sites (tertiary alicyclic amines) is 1. The number of carbonyl (C=O) groups is 1. The van der Waals surface area contributed by atoms with Crippen molar-refractivity contribution >= 4 is 5.97 Å². The van der Waals surface area contributed by atoms with E-state index in [1.165, 1.54) is 7.11 Å². The Morgan fingerprint density at radius 2 is 2.31 bits per heavy atom. The summed E-state index contributed by atoms with van der Waals surface area (Å²) in [6.45, 7) is 6.22. The van der Waals surface area contributed by atoms with E-state index in [2.05, 4.69) is 31.1 Å². The van der Waals surface area contributed by atoms with Gasteiger partial charge in [0.2, 0.25) is 0 Å². The van der Waals surface area contributed by atoms with Crippen LogP contribution in [0.4, 0.5) is 0 Å². The Morgan fingerprint density at radius 1 is 1.62 bits per heavy atom. The summed E-state index contributed by atoms with van der Waals surface area (Å²) >= 11 is 0. The van der Waals surface area contributed by atoms with Gasteiger partial charge in [-0.15, -0.1) is 0 Å². The number of ether oxygens (including phenoxy) is 1. The molecule has 0 amide bonds. The second kappa shape index (κ2) is 5.64. The highest BCUT2D eigenvalue weighted by Crippen LogP contribution is 2.29. The van der Waals surface area contributed by atoms with Crippen LogP contribution < -0.4 is 5.32 Å². The maximum atomic E-state index is 11.5. The minimum atomic E-state index is -0.119. The van der Waals surface area contributed by atoms with Crippen molar-refractivity contribution in [3.63, 3.8) is 0 Å². The summed E-state index contributed by atoms with van der Waals surface area (Å²) in [4.78, 5) is 13.8. The molecule has 94 valence electrons. The SMILES string of the molecule is CCCNC1(CC(=O)OC)CC(C)N(C)C1. The number of hydrogen-bond acceptors (Lipinski definition) is 4. The van der Waals surface area contributed by atoms with Gasteiger partial charge in [0, 0.05) is 18.1 Å². The average Bonchev–Trinajstić information content (AvgIpc) is 2.52. The Morgan fingerprint density at radius 3 is 2.75 bits per heavy atom. The van der Waals surface area contributed by atoms with Crippen LogP contribution in [0, 0.1) is 0 Å². The van der Waals surface area contributed by atoms with Crippen molar-refractivity contribution in [2.24, 2.45) is 0 Å². The lowest BCUT2D eigenvalue weighted by Crippen LogP contribution is -2.49. The van der Waals surface area contributed by atoms with Gasteiger partial charge in [-0.3, -0.25) is 4.79 Å². The third kappa shape index (κ3) is 3.19. The van der Waals surface area contributed by atoms with E-state index in [-0.39, 0.29) is 11.5 Å². The molecule has 16 heavy (non-hydrogen) atoms. The lowest BCUT2D eigenvalue weighted by molar-refractivity contribution is -0.142. The first kappa shape index (κ1) is 13.5. The number of likely N-dealkylation sites (N-methyl/N-ethyl adjacent to an activating group) is 1. The molecule has 4 heteroatoms. The molecule has 1 saturated heterocycles. The van der Waals surface area contributed by atoms with E-state index >= 15 is 0 Å². The minimum Gasteiger partial charge on any atom is -0.469 e. The fraction of sp³-hybridized carbons (Fsp3) is 0.917. The van der Waals surface area contributed by atoms with E-state index in [1.54, 1.807) is 0 Å². The van der Waals surface area contributed by atoms with Crippen LogP contribution in [0.15, 0.2) is 0 Å². The number of esters is 1. The molecule has 0 aliphatic carbocycles. The van der Waals surface area contributed by atoms with Gasteiger partial charge in [0.25, 0.3) is 0 Å². The predicted molar refractivity (Wildman–Crippen MR) is 64.4 cm³/mol. The third-order valence-corrected chi connectivity index (χ3v) is 3.45. The zero-order chi connectivity index (χ0) is 12.2. The van der Waals surface area contributed by atoms with Crippen molar-refractivity contribution in [3.05, 3.63) is 0 Å². The molecule has 1 fully saturated rings. The summed E-state index contributed by atoms with van der Waals surface area (Å²) in [5.41, 5.74) is -0.0860. The molecule has 1 aliphatic rings. The number of rotatable bonds is 5. The molecule has 0 aromatic rings. The Labute approximate surface area is 98.3 Å². The van der Waals surface area contributed by atoms with Gasteiger partial charge in [-0.25, -0.2) is 0 Å². The van der Waals surface area contributed by atoms with Gasteiger partial charge in [-0.2, -0.15) is 0 Å². The van der Waals surface area contributed by atoms with Crippen LogP contribution in [0.3, 0.4) is 0 Å². The number of hydrogen-bond donors (Lipinski definition) is 1. The first-order valence-corrected chi connectivity index (χ1v) is 6.05. The maximum absolute atomic E-state index is 11.5. The van der Waals surface area contributed by atoms with Gasteiger partial charge in [-0.05, 0) is 33.4 Å². The molecule has 4 nitrogen and oxygen atoms in total. The van der Waals surface area contributed by atoms with Gasteiger partial charge < -0.3 is 15.0 Å². The molecule has 0 radical (unpaired) electrons. The third-order valence-electron chi connectivity index (χ3n) is 3.45. The molecule has 0 spiro atoms. The molecule has 0 aromatic carbocycles. The summed E-state index contributed by atoms with van der Waals surface area (Å²) in [5, 5.41) is 3.53. The number of nitrogens with one attached hydrogen (secondary N) is 1. The second-order valence-electron chi connectivity index (χ2n) is 4.93. The maximum Gasteiger partial charge on any atom is 0.307 e.